The van der Waals surface area contributed by atoms with E-state index in [2.05, 4.69) is 20.9 Å². The van der Waals surface area contributed by atoms with Crippen LogP contribution >= 0.6 is 15.9 Å². The third-order valence-corrected chi connectivity index (χ3v) is 2.93. The standard InChI is InChI=1S/C12H7BrFN5/c13-8-1-7(2-9(14)3-8)6-19-11(5-16)10(4-15)18-12(19)17/h1-3H,6H2,(H2,17,18). The van der Waals surface area contributed by atoms with Gasteiger partial charge in [0.25, 0.3) is 0 Å². The molecular weight excluding hydrogens is 313 g/mol. The molecule has 0 amide bonds. The number of rotatable bonds is 2. The molecule has 2 rings (SSSR count). The summed E-state index contributed by atoms with van der Waals surface area (Å²) in [5.41, 5.74) is 6.31. The lowest BCUT2D eigenvalue weighted by Gasteiger charge is -2.07. The monoisotopic (exact) mass is 319 g/mol. The summed E-state index contributed by atoms with van der Waals surface area (Å²) in [6, 6.07) is 8.04. The highest BCUT2D eigenvalue weighted by molar-refractivity contribution is 9.10. The van der Waals surface area contributed by atoms with E-state index in [1.165, 1.54) is 16.7 Å². The molecule has 0 saturated heterocycles. The fourth-order valence-corrected chi connectivity index (χ4v) is 2.22. The molecule has 2 N–H and O–H groups in total. The number of nitriles is 2. The maximum Gasteiger partial charge on any atom is 0.202 e. The highest BCUT2D eigenvalue weighted by Crippen LogP contribution is 2.19. The topological polar surface area (TPSA) is 91.4 Å². The minimum Gasteiger partial charge on any atom is -0.369 e. The molecule has 94 valence electrons. The van der Waals surface area contributed by atoms with Gasteiger partial charge in [-0.2, -0.15) is 10.5 Å². The van der Waals surface area contributed by atoms with Gasteiger partial charge in [0.15, 0.2) is 11.4 Å². The molecule has 19 heavy (non-hydrogen) atoms. The number of benzene rings is 1. The van der Waals surface area contributed by atoms with Crippen LogP contribution in [0.3, 0.4) is 0 Å². The Hall–Kier alpha value is -2.38. The Kier molecular flexibility index (Phi) is 3.50. The number of aromatic nitrogens is 2. The Morgan fingerprint density at radius 2 is 2.05 bits per heavy atom. The van der Waals surface area contributed by atoms with Crippen LogP contribution < -0.4 is 5.73 Å². The largest absolute Gasteiger partial charge is 0.369 e. The van der Waals surface area contributed by atoms with Crippen molar-refractivity contribution in [1.29, 1.82) is 10.5 Å². The molecule has 0 atom stereocenters. The molecular formula is C12H7BrFN5. The highest BCUT2D eigenvalue weighted by atomic mass is 79.9. The van der Waals surface area contributed by atoms with Crippen LogP contribution in [0, 0.1) is 28.5 Å². The van der Waals surface area contributed by atoms with Gasteiger partial charge in [0.05, 0.1) is 6.54 Å². The van der Waals surface area contributed by atoms with E-state index in [0.29, 0.717) is 10.0 Å². The van der Waals surface area contributed by atoms with Crippen molar-refractivity contribution in [2.24, 2.45) is 0 Å². The number of imidazole rings is 1. The number of nitrogens with two attached hydrogens (primary N) is 1. The van der Waals surface area contributed by atoms with Crippen LogP contribution in [0.25, 0.3) is 0 Å². The fraction of sp³-hybridized carbons (Fsp3) is 0.0833. The van der Waals surface area contributed by atoms with Gasteiger partial charge >= 0.3 is 0 Å². The summed E-state index contributed by atoms with van der Waals surface area (Å²) in [6.07, 6.45) is 0. The number of nitrogen functional groups attached to an aromatic ring is 1. The van der Waals surface area contributed by atoms with E-state index in [9.17, 15) is 4.39 Å². The van der Waals surface area contributed by atoms with Crippen LogP contribution in [-0.4, -0.2) is 9.55 Å². The lowest BCUT2D eigenvalue weighted by Crippen LogP contribution is -2.07. The normalized spacial score (nSPS) is 9.89. The third kappa shape index (κ3) is 2.56. The number of anilines is 1. The number of nitrogens with zero attached hydrogens (tertiary/aromatic N) is 4. The van der Waals surface area contributed by atoms with Crippen molar-refractivity contribution in [3.63, 3.8) is 0 Å². The van der Waals surface area contributed by atoms with Crippen molar-refractivity contribution in [3.8, 4) is 12.1 Å². The summed E-state index contributed by atoms with van der Waals surface area (Å²) in [7, 11) is 0. The zero-order chi connectivity index (χ0) is 14.0. The van der Waals surface area contributed by atoms with E-state index in [1.807, 2.05) is 6.07 Å². The number of hydrogen-bond acceptors (Lipinski definition) is 4. The average molecular weight is 320 g/mol. The Labute approximate surface area is 116 Å². The molecule has 0 spiro atoms. The van der Waals surface area contributed by atoms with Gasteiger partial charge in [0.2, 0.25) is 5.95 Å². The molecule has 0 bridgehead atoms. The zero-order valence-electron chi connectivity index (χ0n) is 9.56. The van der Waals surface area contributed by atoms with Gasteiger partial charge in [-0.1, -0.05) is 15.9 Å². The van der Waals surface area contributed by atoms with Crippen molar-refractivity contribution in [2.75, 3.05) is 5.73 Å². The summed E-state index contributed by atoms with van der Waals surface area (Å²) in [5.74, 6) is -0.351. The maximum absolute atomic E-state index is 13.3. The molecule has 2 aromatic rings. The second-order valence-corrected chi connectivity index (χ2v) is 4.67. The molecule has 0 saturated carbocycles. The van der Waals surface area contributed by atoms with E-state index in [-0.39, 0.29) is 23.9 Å². The summed E-state index contributed by atoms with van der Waals surface area (Å²) < 4.78 is 15.2. The first-order valence-electron chi connectivity index (χ1n) is 5.16. The molecule has 7 heteroatoms. The first kappa shape index (κ1) is 13.1. The highest BCUT2D eigenvalue weighted by Gasteiger charge is 2.15. The summed E-state index contributed by atoms with van der Waals surface area (Å²) in [4.78, 5) is 3.79. The van der Waals surface area contributed by atoms with Crippen LogP contribution in [0.1, 0.15) is 17.0 Å². The van der Waals surface area contributed by atoms with Crippen LogP contribution in [-0.2, 0) is 6.54 Å². The van der Waals surface area contributed by atoms with Gasteiger partial charge < -0.3 is 5.73 Å². The van der Waals surface area contributed by atoms with Gasteiger partial charge in [-0.05, 0) is 23.8 Å². The average Bonchev–Trinajstić information content (AvgIpc) is 2.64. The predicted octanol–water partition coefficient (Wildman–Crippen LogP) is 2.16. The molecule has 1 aromatic heterocycles. The van der Waals surface area contributed by atoms with Gasteiger partial charge in [-0.15, -0.1) is 0 Å². The molecule has 0 radical (unpaired) electrons. The Morgan fingerprint density at radius 1 is 1.32 bits per heavy atom. The lowest BCUT2D eigenvalue weighted by molar-refractivity contribution is 0.622. The quantitative estimate of drug-likeness (QED) is 0.918. The molecule has 5 nitrogen and oxygen atoms in total. The van der Waals surface area contributed by atoms with E-state index in [1.54, 1.807) is 12.1 Å². The molecule has 1 heterocycles. The maximum atomic E-state index is 13.3. The minimum atomic E-state index is -0.401. The first-order chi connectivity index (χ1) is 9.05. The summed E-state index contributed by atoms with van der Waals surface area (Å²) in [6.45, 7) is 0.166. The molecule has 0 aliphatic rings. The van der Waals surface area contributed by atoms with Crippen LogP contribution in [0.15, 0.2) is 22.7 Å². The third-order valence-electron chi connectivity index (χ3n) is 2.47. The van der Waals surface area contributed by atoms with Gasteiger partial charge in [0, 0.05) is 4.47 Å². The van der Waals surface area contributed by atoms with E-state index < -0.39 is 5.82 Å². The van der Waals surface area contributed by atoms with Crippen molar-refractivity contribution in [1.82, 2.24) is 9.55 Å². The Balaban J connectivity index is 2.47. The molecule has 0 unspecified atom stereocenters. The second kappa shape index (κ2) is 5.09. The van der Waals surface area contributed by atoms with Crippen molar-refractivity contribution in [3.05, 3.63) is 45.4 Å². The molecule has 0 fully saturated rings. The predicted molar refractivity (Wildman–Crippen MR) is 69.3 cm³/mol. The van der Waals surface area contributed by atoms with Crippen LogP contribution in [0.5, 0.6) is 0 Å². The number of hydrogen-bond donors (Lipinski definition) is 1. The first-order valence-corrected chi connectivity index (χ1v) is 5.95. The van der Waals surface area contributed by atoms with Crippen molar-refractivity contribution >= 4 is 21.9 Å². The SMILES string of the molecule is N#Cc1nc(N)n(Cc2cc(F)cc(Br)c2)c1C#N. The van der Waals surface area contributed by atoms with E-state index in [0.717, 1.165) is 0 Å². The smallest absolute Gasteiger partial charge is 0.202 e. The number of halogens is 2. The van der Waals surface area contributed by atoms with Gasteiger partial charge in [0.1, 0.15) is 18.0 Å². The fourth-order valence-electron chi connectivity index (χ4n) is 1.71. The van der Waals surface area contributed by atoms with Crippen LogP contribution in [0.2, 0.25) is 0 Å². The summed E-state index contributed by atoms with van der Waals surface area (Å²) in [5, 5.41) is 17.9. The zero-order valence-corrected chi connectivity index (χ0v) is 11.1. The van der Waals surface area contributed by atoms with Crippen molar-refractivity contribution in [2.45, 2.75) is 6.54 Å². The minimum absolute atomic E-state index is 0.0320. The van der Waals surface area contributed by atoms with Crippen LogP contribution in [0.4, 0.5) is 10.3 Å². The van der Waals surface area contributed by atoms with Crippen molar-refractivity contribution < 1.29 is 4.39 Å². The van der Waals surface area contributed by atoms with E-state index >= 15 is 0 Å². The van der Waals surface area contributed by atoms with Gasteiger partial charge in [-0.25, -0.2) is 9.37 Å². The summed E-state index contributed by atoms with van der Waals surface area (Å²) >= 11 is 3.19. The Bertz CT molecular complexity index is 703. The Morgan fingerprint density at radius 3 is 2.63 bits per heavy atom. The molecule has 0 aliphatic carbocycles. The van der Waals surface area contributed by atoms with E-state index in [4.69, 9.17) is 16.3 Å². The van der Waals surface area contributed by atoms with Gasteiger partial charge in [-0.3, -0.25) is 4.57 Å². The molecule has 0 aliphatic heterocycles. The molecule has 1 aromatic carbocycles. The lowest BCUT2D eigenvalue weighted by atomic mass is 10.2. The second-order valence-electron chi connectivity index (χ2n) is 3.75.